The molecule has 0 aliphatic rings. The van der Waals surface area contributed by atoms with Crippen molar-refractivity contribution in [1.82, 2.24) is 15.0 Å². The highest BCUT2D eigenvalue weighted by Gasteiger charge is 2.15. The predicted octanol–water partition coefficient (Wildman–Crippen LogP) is 1.93. The van der Waals surface area contributed by atoms with Crippen molar-refractivity contribution < 1.29 is 24.1 Å². The highest BCUT2D eigenvalue weighted by atomic mass is 16.5. The molecule has 0 fully saturated rings. The van der Waals surface area contributed by atoms with Crippen LogP contribution in [-0.2, 0) is 4.74 Å². The first-order valence-corrected chi connectivity index (χ1v) is 6.98. The van der Waals surface area contributed by atoms with E-state index in [-0.39, 0.29) is 17.2 Å². The van der Waals surface area contributed by atoms with Crippen molar-refractivity contribution in [3.8, 4) is 22.9 Å². The summed E-state index contributed by atoms with van der Waals surface area (Å²) in [7, 11) is 4.19. The zero-order valence-electron chi connectivity index (χ0n) is 13.3. The quantitative estimate of drug-likeness (QED) is 0.731. The van der Waals surface area contributed by atoms with Crippen LogP contribution in [0.25, 0.3) is 16.7 Å². The minimum absolute atomic E-state index is 0.103. The van der Waals surface area contributed by atoms with Crippen LogP contribution in [0, 0.1) is 0 Å². The molecule has 8 heteroatoms. The van der Waals surface area contributed by atoms with Crippen LogP contribution in [0.5, 0.6) is 17.2 Å². The number of carbonyl (C=O) groups excluding carboxylic acids is 1. The minimum atomic E-state index is -0.445. The maximum atomic E-state index is 11.6. The molecule has 1 N–H and O–H groups in total. The predicted molar refractivity (Wildman–Crippen MR) is 85.0 cm³/mol. The van der Waals surface area contributed by atoms with Gasteiger partial charge in [0, 0.05) is 12.1 Å². The highest BCUT2D eigenvalue weighted by Crippen LogP contribution is 2.38. The smallest absolute Gasteiger partial charge is 0.337 e. The van der Waals surface area contributed by atoms with Gasteiger partial charge in [0.25, 0.3) is 0 Å². The van der Waals surface area contributed by atoms with Gasteiger partial charge in [-0.2, -0.15) is 4.80 Å². The Labute approximate surface area is 137 Å². The summed E-state index contributed by atoms with van der Waals surface area (Å²) in [6, 6.07) is 8.06. The maximum Gasteiger partial charge on any atom is 0.337 e. The number of fused-ring (bicyclic) bond motifs is 1. The van der Waals surface area contributed by atoms with Gasteiger partial charge in [-0.15, -0.1) is 10.2 Å². The average Bonchev–Trinajstić information content (AvgIpc) is 3.04. The molecule has 3 rings (SSSR count). The second kappa shape index (κ2) is 6.07. The second-order valence-electron chi connectivity index (χ2n) is 4.88. The van der Waals surface area contributed by atoms with Gasteiger partial charge in [0.05, 0.1) is 32.6 Å². The van der Waals surface area contributed by atoms with Crippen molar-refractivity contribution in [3.63, 3.8) is 0 Å². The Bertz CT molecular complexity index is 894. The van der Waals surface area contributed by atoms with Crippen LogP contribution in [-0.4, -0.2) is 47.4 Å². The molecule has 0 aliphatic carbocycles. The number of nitrogens with zero attached hydrogens (tertiary/aromatic N) is 3. The third kappa shape index (κ3) is 2.58. The average molecular weight is 329 g/mol. The van der Waals surface area contributed by atoms with E-state index in [1.165, 1.54) is 26.1 Å². The standard InChI is InChI=1S/C16H15N3O5/c1-22-13-7-10(8-14(23-2)15(13)20)19-17-11-5-4-9(16(21)24-3)6-12(11)18-19/h4-8,20H,1-3H3. The number of hydrogen-bond acceptors (Lipinski definition) is 7. The van der Waals surface area contributed by atoms with Gasteiger partial charge in [-0.1, -0.05) is 0 Å². The van der Waals surface area contributed by atoms with Crippen LogP contribution in [0.2, 0.25) is 0 Å². The highest BCUT2D eigenvalue weighted by molar-refractivity contribution is 5.93. The summed E-state index contributed by atoms with van der Waals surface area (Å²) >= 11 is 0. The number of rotatable bonds is 4. The van der Waals surface area contributed by atoms with Crippen LogP contribution < -0.4 is 9.47 Å². The lowest BCUT2D eigenvalue weighted by Gasteiger charge is -2.10. The number of phenols is 1. The summed E-state index contributed by atoms with van der Waals surface area (Å²) in [5.41, 5.74) is 2.06. The van der Waals surface area contributed by atoms with Crippen molar-refractivity contribution >= 4 is 17.0 Å². The third-order valence-electron chi connectivity index (χ3n) is 3.50. The molecule has 8 nitrogen and oxygen atoms in total. The van der Waals surface area contributed by atoms with E-state index < -0.39 is 5.97 Å². The Kier molecular flexibility index (Phi) is 3.95. The number of esters is 1. The topological polar surface area (TPSA) is 95.7 Å². The van der Waals surface area contributed by atoms with Crippen LogP contribution in [0.1, 0.15) is 10.4 Å². The Balaban J connectivity index is 2.11. The van der Waals surface area contributed by atoms with E-state index in [9.17, 15) is 9.90 Å². The molecule has 0 saturated heterocycles. The molecule has 3 aromatic rings. The fourth-order valence-corrected chi connectivity index (χ4v) is 2.27. The Morgan fingerprint density at radius 2 is 1.62 bits per heavy atom. The lowest BCUT2D eigenvalue weighted by atomic mass is 10.2. The van der Waals surface area contributed by atoms with Crippen LogP contribution in [0.15, 0.2) is 30.3 Å². The number of aromatic hydroxyl groups is 1. The molecule has 0 amide bonds. The van der Waals surface area contributed by atoms with Gasteiger partial charge in [-0.05, 0) is 18.2 Å². The number of benzene rings is 2. The number of phenolic OH excluding ortho intramolecular Hbond substituents is 1. The van der Waals surface area contributed by atoms with E-state index in [2.05, 4.69) is 10.2 Å². The van der Waals surface area contributed by atoms with Gasteiger partial charge in [-0.25, -0.2) is 4.79 Å². The lowest BCUT2D eigenvalue weighted by molar-refractivity contribution is 0.0601. The van der Waals surface area contributed by atoms with Crippen molar-refractivity contribution in [2.75, 3.05) is 21.3 Å². The fraction of sp³-hybridized carbons (Fsp3) is 0.188. The summed E-state index contributed by atoms with van der Waals surface area (Å²) < 4.78 is 15.0. The molecule has 0 aliphatic heterocycles. The lowest BCUT2D eigenvalue weighted by Crippen LogP contribution is -2.01. The van der Waals surface area contributed by atoms with Crippen LogP contribution in [0.3, 0.4) is 0 Å². The second-order valence-corrected chi connectivity index (χ2v) is 4.88. The molecule has 1 aromatic heterocycles. The SMILES string of the molecule is COC(=O)c1ccc2nn(-c3cc(OC)c(O)c(OC)c3)nc2c1. The number of carbonyl (C=O) groups is 1. The molecular formula is C16H15N3O5. The molecule has 0 unspecified atom stereocenters. The Morgan fingerprint density at radius 3 is 2.21 bits per heavy atom. The first-order chi connectivity index (χ1) is 11.6. The molecule has 1 heterocycles. The summed E-state index contributed by atoms with van der Waals surface area (Å²) in [5, 5.41) is 18.7. The van der Waals surface area contributed by atoms with Gasteiger partial charge in [0.1, 0.15) is 11.0 Å². The molecular weight excluding hydrogens is 314 g/mol. The molecule has 124 valence electrons. The zero-order valence-corrected chi connectivity index (χ0v) is 13.3. The number of aromatic nitrogens is 3. The van der Waals surface area contributed by atoms with E-state index in [1.807, 2.05) is 0 Å². The summed E-state index contributed by atoms with van der Waals surface area (Å²) in [5.74, 6) is -0.0743. The molecule has 0 bridgehead atoms. The third-order valence-corrected chi connectivity index (χ3v) is 3.50. The van der Waals surface area contributed by atoms with Gasteiger partial charge >= 0.3 is 5.97 Å². The maximum absolute atomic E-state index is 11.6. The molecule has 24 heavy (non-hydrogen) atoms. The molecule has 0 atom stereocenters. The zero-order chi connectivity index (χ0) is 17.3. The number of hydrogen-bond donors (Lipinski definition) is 1. The van der Waals surface area contributed by atoms with E-state index in [0.717, 1.165) is 0 Å². The molecule has 2 aromatic carbocycles. The Hall–Kier alpha value is -3.29. The van der Waals surface area contributed by atoms with E-state index >= 15 is 0 Å². The van der Waals surface area contributed by atoms with E-state index in [0.29, 0.717) is 22.3 Å². The van der Waals surface area contributed by atoms with Gasteiger partial charge in [0.2, 0.25) is 5.75 Å². The molecule has 0 radical (unpaired) electrons. The van der Waals surface area contributed by atoms with Crippen molar-refractivity contribution in [2.45, 2.75) is 0 Å². The van der Waals surface area contributed by atoms with Crippen molar-refractivity contribution in [3.05, 3.63) is 35.9 Å². The first kappa shape index (κ1) is 15.6. The summed E-state index contributed by atoms with van der Waals surface area (Å²) in [6.45, 7) is 0. The van der Waals surface area contributed by atoms with Crippen LogP contribution in [0.4, 0.5) is 0 Å². The largest absolute Gasteiger partial charge is 0.502 e. The van der Waals surface area contributed by atoms with Gasteiger partial charge < -0.3 is 19.3 Å². The minimum Gasteiger partial charge on any atom is -0.502 e. The van der Waals surface area contributed by atoms with E-state index in [4.69, 9.17) is 14.2 Å². The number of methoxy groups -OCH3 is 3. The first-order valence-electron chi connectivity index (χ1n) is 6.98. The van der Waals surface area contributed by atoms with Crippen molar-refractivity contribution in [2.24, 2.45) is 0 Å². The number of ether oxygens (including phenoxy) is 3. The normalized spacial score (nSPS) is 10.6. The monoisotopic (exact) mass is 329 g/mol. The molecule has 0 spiro atoms. The van der Waals surface area contributed by atoms with Crippen molar-refractivity contribution in [1.29, 1.82) is 0 Å². The van der Waals surface area contributed by atoms with Gasteiger partial charge in [0.15, 0.2) is 11.5 Å². The van der Waals surface area contributed by atoms with Crippen LogP contribution >= 0.6 is 0 Å². The Morgan fingerprint density at radius 1 is 1.00 bits per heavy atom. The summed E-state index contributed by atoms with van der Waals surface area (Å²) in [4.78, 5) is 13.0. The van der Waals surface area contributed by atoms with E-state index in [1.54, 1.807) is 30.3 Å². The fourth-order valence-electron chi connectivity index (χ4n) is 2.27. The summed E-state index contributed by atoms with van der Waals surface area (Å²) in [6.07, 6.45) is 0. The molecule has 0 saturated carbocycles. The van der Waals surface area contributed by atoms with Gasteiger partial charge in [-0.3, -0.25) is 0 Å².